The quantitative estimate of drug-likeness (QED) is 0.257. The van der Waals surface area contributed by atoms with E-state index in [1.54, 1.807) is 18.4 Å². The lowest BCUT2D eigenvalue weighted by atomic mass is 9.92. The van der Waals surface area contributed by atoms with E-state index in [-0.39, 0.29) is 24.1 Å². The average molecular weight is 545 g/mol. The number of aromatic carboxylic acids is 1. The monoisotopic (exact) mass is 544 g/mol. The molecule has 0 saturated heterocycles. The average Bonchev–Trinajstić information content (AvgIpc) is 3.69. The number of ether oxygens (including phenoxy) is 2. The Labute approximate surface area is 228 Å². The minimum atomic E-state index is -1.26. The van der Waals surface area contributed by atoms with Gasteiger partial charge in [0.25, 0.3) is 0 Å². The molecular formula is C30H28N2O6S. The van der Waals surface area contributed by atoms with Crippen LogP contribution in [0.4, 0.5) is 4.79 Å². The molecular weight excluding hydrogens is 516 g/mol. The van der Waals surface area contributed by atoms with E-state index in [1.165, 1.54) is 11.1 Å². The number of pyridine rings is 1. The molecule has 1 fully saturated rings. The summed E-state index contributed by atoms with van der Waals surface area (Å²) in [6.07, 6.45) is 5.48. The second kappa shape index (κ2) is 10.2. The molecule has 4 aromatic rings. The Morgan fingerprint density at radius 2 is 1.92 bits per heavy atom. The number of carboxylic acids is 1. The van der Waals surface area contributed by atoms with Gasteiger partial charge in [-0.2, -0.15) is 0 Å². The van der Waals surface area contributed by atoms with Gasteiger partial charge in [-0.05, 0) is 66.8 Å². The fourth-order valence-corrected chi connectivity index (χ4v) is 6.75. The van der Waals surface area contributed by atoms with Crippen molar-refractivity contribution in [2.45, 2.75) is 50.7 Å². The third-order valence-corrected chi connectivity index (χ3v) is 8.71. The van der Waals surface area contributed by atoms with Gasteiger partial charge < -0.3 is 24.9 Å². The van der Waals surface area contributed by atoms with E-state index >= 15 is 0 Å². The maximum atomic E-state index is 13.0. The first kappa shape index (κ1) is 25.2. The summed E-state index contributed by atoms with van der Waals surface area (Å²) in [5.74, 6) is -0.443. The van der Waals surface area contributed by atoms with Gasteiger partial charge in [0.1, 0.15) is 12.2 Å². The van der Waals surface area contributed by atoms with Gasteiger partial charge in [0.15, 0.2) is 5.75 Å². The molecule has 0 radical (unpaired) electrons. The number of aromatic amines is 1. The van der Waals surface area contributed by atoms with E-state index in [1.807, 2.05) is 36.4 Å². The summed E-state index contributed by atoms with van der Waals surface area (Å²) in [6, 6.07) is 13.4. The third kappa shape index (κ3) is 4.78. The van der Waals surface area contributed by atoms with Crippen LogP contribution in [-0.4, -0.2) is 29.3 Å². The SMILES string of the molecule is COc1c(-c2cc3c(s2)CCCC3NC(=O)OCc2ccccc2)c(C2CC2)cc2c(=O)c(C(=O)O)c[nH]c12. The second-order valence-corrected chi connectivity index (χ2v) is 11.2. The van der Waals surface area contributed by atoms with Crippen LogP contribution in [0.25, 0.3) is 21.3 Å². The number of thiophene rings is 1. The molecule has 200 valence electrons. The molecule has 1 saturated carbocycles. The lowest BCUT2D eigenvalue weighted by molar-refractivity contribution is 0.0695. The van der Waals surface area contributed by atoms with E-state index in [0.29, 0.717) is 16.7 Å². The smallest absolute Gasteiger partial charge is 0.407 e. The van der Waals surface area contributed by atoms with Gasteiger partial charge in [0.05, 0.1) is 24.1 Å². The molecule has 6 rings (SSSR count). The Kier molecular flexibility index (Phi) is 6.60. The first-order valence-corrected chi connectivity index (χ1v) is 13.9. The molecule has 2 heterocycles. The summed E-state index contributed by atoms with van der Waals surface area (Å²) in [5.41, 5.74) is 3.60. The van der Waals surface area contributed by atoms with Crippen molar-refractivity contribution in [1.29, 1.82) is 0 Å². The summed E-state index contributed by atoms with van der Waals surface area (Å²) in [7, 11) is 1.57. The number of methoxy groups -OCH3 is 1. The normalized spacial score (nSPS) is 16.5. The second-order valence-electron chi connectivity index (χ2n) is 10.0. The summed E-state index contributed by atoms with van der Waals surface area (Å²) < 4.78 is 11.4. The summed E-state index contributed by atoms with van der Waals surface area (Å²) in [5, 5.41) is 12.8. The standard InChI is InChI=1S/C30H28N2O6S/c1-37-28-25(18(17-10-11-17)12-20-26(28)31-14-21(27(20)33)29(34)35)24-13-19-22(8-5-9-23(19)39-24)32-30(36)38-15-16-6-3-2-4-7-16/h2-4,6-7,12-14,17,22H,5,8-11,15H2,1H3,(H,31,33)(H,32,36)(H,34,35). The minimum Gasteiger partial charge on any atom is -0.494 e. The molecule has 1 amide bonds. The summed E-state index contributed by atoms with van der Waals surface area (Å²) in [6.45, 7) is 0.210. The predicted molar refractivity (Wildman–Crippen MR) is 149 cm³/mol. The summed E-state index contributed by atoms with van der Waals surface area (Å²) in [4.78, 5) is 42.5. The zero-order chi connectivity index (χ0) is 27.1. The Balaban J connectivity index is 1.36. The van der Waals surface area contributed by atoms with Crippen LogP contribution in [0.1, 0.15) is 69.6 Å². The molecule has 2 aliphatic rings. The highest BCUT2D eigenvalue weighted by Gasteiger charge is 2.33. The van der Waals surface area contributed by atoms with Crippen LogP contribution >= 0.6 is 11.3 Å². The highest BCUT2D eigenvalue weighted by molar-refractivity contribution is 7.15. The lowest BCUT2D eigenvalue weighted by Crippen LogP contribution is -2.30. The molecule has 9 heteroatoms. The number of carbonyl (C=O) groups excluding carboxylic acids is 1. The maximum Gasteiger partial charge on any atom is 0.407 e. The molecule has 1 unspecified atom stereocenters. The summed E-state index contributed by atoms with van der Waals surface area (Å²) >= 11 is 1.68. The Morgan fingerprint density at radius 3 is 2.64 bits per heavy atom. The van der Waals surface area contributed by atoms with Crippen LogP contribution in [0.3, 0.4) is 0 Å². The van der Waals surface area contributed by atoms with Crippen molar-refractivity contribution in [2.24, 2.45) is 0 Å². The van der Waals surface area contributed by atoms with Crippen LogP contribution < -0.4 is 15.5 Å². The number of carbonyl (C=O) groups is 2. The number of alkyl carbamates (subject to hydrolysis) is 1. The molecule has 39 heavy (non-hydrogen) atoms. The number of nitrogens with one attached hydrogen (secondary N) is 2. The Bertz CT molecular complexity index is 1640. The van der Waals surface area contributed by atoms with Gasteiger partial charge in [0.2, 0.25) is 5.43 Å². The van der Waals surface area contributed by atoms with Gasteiger partial charge in [-0.25, -0.2) is 9.59 Å². The molecule has 0 bridgehead atoms. The lowest BCUT2D eigenvalue weighted by Gasteiger charge is -2.23. The minimum absolute atomic E-state index is 0.157. The number of amides is 1. The predicted octanol–water partition coefficient (Wildman–Crippen LogP) is 6.14. The van der Waals surface area contributed by atoms with Crippen molar-refractivity contribution in [3.8, 4) is 16.2 Å². The van der Waals surface area contributed by atoms with Gasteiger partial charge in [-0.3, -0.25) is 4.79 Å². The van der Waals surface area contributed by atoms with Gasteiger partial charge in [-0.15, -0.1) is 11.3 Å². The molecule has 8 nitrogen and oxygen atoms in total. The number of aryl methyl sites for hydroxylation is 1. The van der Waals surface area contributed by atoms with Crippen molar-refractivity contribution < 1.29 is 24.2 Å². The van der Waals surface area contributed by atoms with Gasteiger partial charge in [0, 0.05) is 21.5 Å². The fourth-order valence-electron chi connectivity index (χ4n) is 5.42. The number of benzene rings is 2. The van der Waals surface area contributed by atoms with Crippen molar-refractivity contribution in [3.05, 3.63) is 86.0 Å². The number of aromatic nitrogens is 1. The zero-order valence-corrected chi connectivity index (χ0v) is 22.2. The third-order valence-electron chi connectivity index (χ3n) is 7.48. The number of hydrogen-bond acceptors (Lipinski definition) is 6. The highest BCUT2D eigenvalue weighted by Crippen LogP contribution is 2.52. The van der Waals surface area contributed by atoms with E-state index in [9.17, 15) is 19.5 Å². The number of H-pyrrole nitrogens is 1. The largest absolute Gasteiger partial charge is 0.494 e. The zero-order valence-electron chi connectivity index (χ0n) is 21.4. The van der Waals surface area contributed by atoms with Crippen molar-refractivity contribution in [2.75, 3.05) is 7.11 Å². The topological polar surface area (TPSA) is 118 Å². The van der Waals surface area contributed by atoms with E-state index < -0.39 is 17.5 Å². The van der Waals surface area contributed by atoms with E-state index in [0.717, 1.165) is 59.2 Å². The molecule has 1 atom stereocenters. The number of carboxylic acid groups (broad SMARTS) is 1. The molecule has 2 aromatic carbocycles. The van der Waals surface area contributed by atoms with Crippen molar-refractivity contribution >= 4 is 34.3 Å². The molecule has 2 aliphatic carbocycles. The Hall–Kier alpha value is -4.11. The highest BCUT2D eigenvalue weighted by atomic mass is 32.1. The van der Waals surface area contributed by atoms with Crippen LogP contribution in [0.2, 0.25) is 0 Å². The molecule has 0 aliphatic heterocycles. The number of hydrogen-bond donors (Lipinski definition) is 3. The van der Waals surface area contributed by atoms with E-state index in [2.05, 4.69) is 16.4 Å². The van der Waals surface area contributed by atoms with E-state index in [4.69, 9.17) is 9.47 Å². The molecule has 2 aromatic heterocycles. The van der Waals surface area contributed by atoms with Crippen LogP contribution in [-0.2, 0) is 17.8 Å². The first-order valence-electron chi connectivity index (χ1n) is 13.0. The van der Waals surface area contributed by atoms with Crippen LogP contribution in [0.5, 0.6) is 5.75 Å². The number of rotatable bonds is 7. The molecule has 0 spiro atoms. The van der Waals surface area contributed by atoms with Gasteiger partial charge in [-0.1, -0.05) is 30.3 Å². The van der Waals surface area contributed by atoms with Gasteiger partial charge >= 0.3 is 12.1 Å². The number of fused-ring (bicyclic) bond motifs is 2. The first-order chi connectivity index (χ1) is 18.9. The van der Waals surface area contributed by atoms with Crippen molar-refractivity contribution in [1.82, 2.24) is 10.3 Å². The van der Waals surface area contributed by atoms with Crippen molar-refractivity contribution in [3.63, 3.8) is 0 Å². The maximum absolute atomic E-state index is 13.0. The fraction of sp³-hybridized carbons (Fsp3) is 0.300. The van der Waals surface area contributed by atoms with Crippen LogP contribution in [0, 0.1) is 0 Å². The van der Waals surface area contributed by atoms with Crippen LogP contribution in [0.15, 0.2) is 53.5 Å². The molecule has 3 N–H and O–H groups in total. The Morgan fingerprint density at radius 1 is 1.13 bits per heavy atom.